The number of rotatable bonds is 4. The van der Waals surface area contributed by atoms with E-state index in [2.05, 4.69) is 4.98 Å². The molecule has 98 valence electrons. The first-order valence-electron chi connectivity index (χ1n) is 5.23. The molecule has 0 radical (unpaired) electrons. The molecule has 1 aromatic carbocycles. The lowest BCUT2D eigenvalue weighted by atomic mass is 10.3. The van der Waals surface area contributed by atoms with Crippen LogP contribution in [0.5, 0.6) is 17.4 Å². The molecule has 0 aliphatic heterocycles. The Balaban J connectivity index is 2.35. The number of nitrogens with zero attached hydrogens (tertiary/aromatic N) is 2. The van der Waals surface area contributed by atoms with E-state index in [0.717, 1.165) is 6.07 Å². The Labute approximate surface area is 113 Å². The molecular weight excluding hydrogens is 272 g/mol. The molecule has 1 heterocycles. The van der Waals surface area contributed by atoms with Crippen LogP contribution in [0.2, 0.25) is 5.15 Å². The molecule has 0 aliphatic carbocycles. The Kier molecular flexibility index (Phi) is 3.82. The van der Waals surface area contributed by atoms with Gasteiger partial charge >= 0.3 is 0 Å². The second-order valence-electron chi connectivity index (χ2n) is 3.50. The lowest BCUT2D eigenvalue weighted by molar-refractivity contribution is -0.385. The molecule has 2 aromatic rings. The molecule has 1 aromatic heterocycles. The summed E-state index contributed by atoms with van der Waals surface area (Å²) >= 11 is 5.71. The maximum Gasteiger partial charge on any atom is 0.277 e. The Morgan fingerprint density at radius 3 is 2.58 bits per heavy atom. The van der Waals surface area contributed by atoms with Crippen molar-refractivity contribution in [3.05, 3.63) is 51.7 Å². The summed E-state index contributed by atoms with van der Waals surface area (Å²) in [5.41, 5.74) is -0.190. The van der Waals surface area contributed by atoms with E-state index in [0.29, 0.717) is 11.5 Å². The van der Waals surface area contributed by atoms with Gasteiger partial charge in [0.1, 0.15) is 5.15 Å². The van der Waals surface area contributed by atoms with Crippen molar-refractivity contribution < 1.29 is 14.4 Å². The maximum atomic E-state index is 10.7. The molecule has 0 bridgehead atoms. The summed E-state index contributed by atoms with van der Waals surface area (Å²) in [7, 11) is 1.50. The smallest absolute Gasteiger partial charge is 0.277 e. The molecule has 0 atom stereocenters. The molecule has 19 heavy (non-hydrogen) atoms. The fourth-order valence-corrected chi connectivity index (χ4v) is 1.63. The number of nitro groups is 1. The Morgan fingerprint density at radius 1 is 1.26 bits per heavy atom. The average Bonchev–Trinajstić information content (AvgIpc) is 2.38. The molecule has 0 fully saturated rings. The number of methoxy groups -OCH3 is 1. The van der Waals surface area contributed by atoms with Crippen molar-refractivity contribution in [3.8, 4) is 17.4 Å². The lowest BCUT2D eigenvalue weighted by Gasteiger charge is -2.09. The predicted octanol–water partition coefficient (Wildman–Crippen LogP) is 3.44. The maximum absolute atomic E-state index is 10.7. The summed E-state index contributed by atoms with van der Waals surface area (Å²) in [4.78, 5) is 14.0. The molecule has 0 saturated carbocycles. The van der Waals surface area contributed by atoms with Gasteiger partial charge < -0.3 is 9.47 Å². The summed E-state index contributed by atoms with van der Waals surface area (Å²) in [5.74, 6) is 0.921. The molecule has 0 amide bonds. The number of halogens is 1. The molecule has 0 unspecified atom stereocenters. The first-order chi connectivity index (χ1) is 9.10. The van der Waals surface area contributed by atoms with Crippen LogP contribution in [0, 0.1) is 10.1 Å². The minimum atomic E-state index is -0.567. The zero-order valence-corrected chi connectivity index (χ0v) is 10.6. The number of hydrogen-bond donors (Lipinski definition) is 0. The Bertz CT molecular complexity index is 618. The third kappa shape index (κ3) is 3.11. The topological polar surface area (TPSA) is 74.5 Å². The zero-order valence-electron chi connectivity index (χ0n) is 9.87. The van der Waals surface area contributed by atoms with E-state index in [1.165, 1.54) is 13.2 Å². The third-order valence-electron chi connectivity index (χ3n) is 2.25. The van der Waals surface area contributed by atoms with Crippen LogP contribution in [0.1, 0.15) is 0 Å². The van der Waals surface area contributed by atoms with Crippen LogP contribution in [0.15, 0.2) is 36.4 Å². The number of pyridine rings is 1. The number of ether oxygens (including phenoxy) is 2. The van der Waals surface area contributed by atoms with Gasteiger partial charge in [0.15, 0.2) is 11.5 Å². The quantitative estimate of drug-likeness (QED) is 0.487. The van der Waals surface area contributed by atoms with Crippen LogP contribution in [-0.4, -0.2) is 17.0 Å². The van der Waals surface area contributed by atoms with Crippen LogP contribution in [-0.2, 0) is 0 Å². The first kappa shape index (κ1) is 13.1. The molecule has 0 N–H and O–H groups in total. The molecule has 0 aliphatic rings. The van der Waals surface area contributed by atoms with Gasteiger partial charge in [-0.05, 0) is 12.1 Å². The van der Waals surface area contributed by atoms with E-state index in [4.69, 9.17) is 21.1 Å². The molecule has 6 nitrogen and oxygen atoms in total. The van der Waals surface area contributed by atoms with Crippen LogP contribution in [0.4, 0.5) is 5.69 Å². The van der Waals surface area contributed by atoms with E-state index in [1.54, 1.807) is 24.3 Å². The molecular formula is C12H9ClN2O4. The summed E-state index contributed by atoms with van der Waals surface area (Å²) in [6.45, 7) is 0. The number of aromatic nitrogens is 1. The monoisotopic (exact) mass is 280 g/mol. The minimum Gasteiger partial charge on any atom is -0.493 e. The van der Waals surface area contributed by atoms with Gasteiger partial charge in [-0.25, -0.2) is 4.98 Å². The van der Waals surface area contributed by atoms with Crippen molar-refractivity contribution in [2.24, 2.45) is 0 Å². The fraction of sp³-hybridized carbons (Fsp3) is 0.0833. The van der Waals surface area contributed by atoms with Crippen molar-refractivity contribution in [1.29, 1.82) is 0 Å². The van der Waals surface area contributed by atoms with E-state index in [9.17, 15) is 10.1 Å². The van der Waals surface area contributed by atoms with Crippen molar-refractivity contribution >= 4 is 17.3 Å². The van der Waals surface area contributed by atoms with E-state index < -0.39 is 4.92 Å². The van der Waals surface area contributed by atoms with Gasteiger partial charge in [-0.15, -0.1) is 0 Å². The molecule has 2 rings (SSSR count). The Morgan fingerprint density at radius 2 is 1.95 bits per heavy atom. The van der Waals surface area contributed by atoms with Gasteiger partial charge in [0.2, 0.25) is 5.88 Å². The summed E-state index contributed by atoms with van der Waals surface area (Å²) in [6.07, 6.45) is 0. The van der Waals surface area contributed by atoms with E-state index >= 15 is 0 Å². The Hall–Kier alpha value is -2.34. The van der Waals surface area contributed by atoms with Crippen LogP contribution in [0.3, 0.4) is 0 Å². The summed E-state index contributed by atoms with van der Waals surface area (Å²) < 4.78 is 10.6. The zero-order chi connectivity index (χ0) is 13.8. The number of benzene rings is 1. The summed E-state index contributed by atoms with van der Waals surface area (Å²) in [6, 6.07) is 9.23. The highest BCUT2D eigenvalue weighted by Gasteiger charge is 2.13. The SMILES string of the molecule is COc1ccccc1Oc1cc([N+](=O)[O-])cc(Cl)n1. The predicted molar refractivity (Wildman–Crippen MR) is 69.0 cm³/mol. The third-order valence-corrected chi connectivity index (χ3v) is 2.44. The molecule has 7 heteroatoms. The second kappa shape index (κ2) is 5.53. The van der Waals surface area contributed by atoms with Gasteiger partial charge in [-0.3, -0.25) is 10.1 Å². The minimum absolute atomic E-state index is 0.0147. The van der Waals surface area contributed by atoms with Crippen molar-refractivity contribution in [2.75, 3.05) is 7.11 Å². The highest BCUT2D eigenvalue weighted by molar-refractivity contribution is 6.29. The van der Waals surface area contributed by atoms with Gasteiger partial charge in [-0.1, -0.05) is 23.7 Å². The largest absolute Gasteiger partial charge is 0.493 e. The van der Waals surface area contributed by atoms with Crippen LogP contribution >= 0.6 is 11.6 Å². The fourth-order valence-electron chi connectivity index (χ4n) is 1.43. The van der Waals surface area contributed by atoms with E-state index in [-0.39, 0.29) is 16.7 Å². The van der Waals surface area contributed by atoms with E-state index in [1.807, 2.05) is 0 Å². The second-order valence-corrected chi connectivity index (χ2v) is 3.88. The van der Waals surface area contributed by atoms with Gasteiger partial charge in [0, 0.05) is 0 Å². The standard InChI is InChI=1S/C12H9ClN2O4/c1-18-9-4-2-3-5-10(9)19-12-7-8(15(16)17)6-11(13)14-12/h2-7H,1H3. The summed E-state index contributed by atoms with van der Waals surface area (Å²) in [5, 5.41) is 10.7. The van der Waals surface area contributed by atoms with Gasteiger partial charge in [0.25, 0.3) is 5.69 Å². The lowest BCUT2D eigenvalue weighted by Crippen LogP contribution is -1.94. The van der Waals surface area contributed by atoms with Crippen LogP contribution < -0.4 is 9.47 Å². The molecule has 0 spiro atoms. The normalized spacial score (nSPS) is 10.0. The highest BCUT2D eigenvalue weighted by Crippen LogP contribution is 2.32. The first-order valence-corrected chi connectivity index (χ1v) is 5.61. The van der Waals surface area contributed by atoms with Crippen LogP contribution in [0.25, 0.3) is 0 Å². The van der Waals surface area contributed by atoms with Crippen molar-refractivity contribution in [2.45, 2.75) is 0 Å². The van der Waals surface area contributed by atoms with Gasteiger partial charge in [0.05, 0.1) is 24.2 Å². The average molecular weight is 281 g/mol. The highest BCUT2D eigenvalue weighted by atomic mass is 35.5. The van der Waals surface area contributed by atoms with Gasteiger partial charge in [-0.2, -0.15) is 0 Å². The van der Waals surface area contributed by atoms with Crippen molar-refractivity contribution in [3.63, 3.8) is 0 Å². The number of hydrogen-bond acceptors (Lipinski definition) is 5. The van der Waals surface area contributed by atoms with Crippen molar-refractivity contribution in [1.82, 2.24) is 4.98 Å². The molecule has 0 saturated heterocycles. The number of para-hydroxylation sites is 2.